The van der Waals surface area contributed by atoms with E-state index < -0.39 is 11.6 Å². The minimum Gasteiger partial charge on any atom is -0.457 e. The van der Waals surface area contributed by atoms with Crippen molar-refractivity contribution in [3.63, 3.8) is 0 Å². The molecule has 0 amide bonds. The average molecular weight is 306 g/mol. The van der Waals surface area contributed by atoms with Gasteiger partial charge in [0, 0.05) is 11.5 Å². The van der Waals surface area contributed by atoms with Crippen LogP contribution in [0.25, 0.3) is 21.7 Å². The van der Waals surface area contributed by atoms with E-state index in [1.165, 1.54) is 18.4 Å². The van der Waals surface area contributed by atoms with Gasteiger partial charge in [-0.2, -0.15) is 0 Å². The van der Waals surface area contributed by atoms with E-state index in [-0.39, 0.29) is 11.5 Å². The lowest BCUT2D eigenvalue weighted by Crippen LogP contribution is -2.07. The molecule has 0 N–H and O–H groups in total. The minimum atomic E-state index is -0.613. The topological polar surface area (TPSA) is 69.7 Å². The Bertz CT molecular complexity index is 1070. The van der Waals surface area contributed by atoms with Gasteiger partial charge in [-0.25, -0.2) is 9.59 Å². The number of rotatable bonds is 2. The van der Waals surface area contributed by atoms with Crippen LogP contribution in [0.2, 0.25) is 0 Å². The van der Waals surface area contributed by atoms with Crippen LogP contribution in [-0.2, 0) is 0 Å². The second kappa shape index (κ2) is 5.14. The third-order valence-electron chi connectivity index (χ3n) is 3.53. The first-order valence-corrected chi connectivity index (χ1v) is 6.94. The molecule has 4 rings (SSSR count). The van der Waals surface area contributed by atoms with Crippen molar-refractivity contribution in [1.29, 1.82) is 0 Å². The van der Waals surface area contributed by atoms with Crippen molar-refractivity contribution < 1.29 is 18.4 Å². The van der Waals surface area contributed by atoms with Gasteiger partial charge in [0.25, 0.3) is 0 Å². The standard InChI is InChI=1S/C18H10O5/c19-17-14-5-2-1-4-12(14)13-8-7-11(10-16(13)23-17)22-18(20)15-6-3-9-21-15/h1-10H. The zero-order valence-electron chi connectivity index (χ0n) is 11.8. The summed E-state index contributed by atoms with van der Waals surface area (Å²) >= 11 is 0. The number of carbonyl (C=O) groups is 1. The molecule has 0 aliphatic heterocycles. The van der Waals surface area contributed by atoms with Gasteiger partial charge in [0.15, 0.2) is 0 Å². The molecule has 5 nitrogen and oxygen atoms in total. The number of benzene rings is 2. The zero-order chi connectivity index (χ0) is 15.8. The number of fused-ring (bicyclic) bond motifs is 3. The number of ether oxygens (including phenoxy) is 1. The highest BCUT2D eigenvalue weighted by Crippen LogP contribution is 2.26. The summed E-state index contributed by atoms with van der Waals surface area (Å²) in [5, 5.41) is 2.08. The van der Waals surface area contributed by atoms with Gasteiger partial charge in [0.05, 0.1) is 11.6 Å². The highest BCUT2D eigenvalue weighted by Gasteiger charge is 2.13. The molecule has 0 bridgehead atoms. The monoisotopic (exact) mass is 306 g/mol. The Morgan fingerprint density at radius 2 is 1.74 bits per heavy atom. The molecule has 112 valence electrons. The summed E-state index contributed by atoms with van der Waals surface area (Å²) in [5.74, 6) is -0.236. The molecular weight excluding hydrogens is 296 g/mol. The Hall–Kier alpha value is -3.34. The smallest absolute Gasteiger partial charge is 0.379 e. The van der Waals surface area contributed by atoms with Gasteiger partial charge in [-0.05, 0) is 35.7 Å². The second-order valence-corrected chi connectivity index (χ2v) is 4.96. The molecule has 0 spiro atoms. The minimum absolute atomic E-state index is 0.102. The molecule has 2 aromatic heterocycles. The van der Waals surface area contributed by atoms with Crippen molar-refractivity contribution in [3.8, 4) is 5.75 Å². The van der Waals surface area contributed by atoms with Crippen molar-refractivity contribution in [3.05, 3.63) is 77.0 Å². The molecule has 0 saturated carbocycles. The van der Waals surface area contributed by atoms with E-state index in [2.05, 4.69) is 0 Å². The molecule has 0 atom stereocenters. The summed E-state index contributed by atoms with van der Waals surface area (Å²) in [5.41, 5.74) is -0.0685. The lowest BCUT2D eigenvalue weighted by Gasteiger charge is -2.05. The summed E-state index contributed by atoms with van der Waals surface area (Å²) in [6, 6.07) is 15.2. The first-order chi connectivity index (χ1) is 11.2. The van der Waals surface area contributed by atoms with E-state index in [1.807, 2.05) is 12.1 Å². The van der Waals surface area contributed by atoms with Crippen LogP contribution in [0.3, 0.4) is 0 Å². The molecule has 0 aliphatic rings. The van der Waals surface area contributed by atoms with Crippen molar-refractivity contribution in [2.45, 2.75) is 0 Å². The summed E-state index contributed by atoms with van der Waals surface area (Å²) in [7, 11) is 0. The Kier molecular flexibility index (Phi) is 2.98. The van der Waals surface area contributed by atoms with Crippen LogP contribution in [0, 0.1) is 0 Å². The Labute approximate surface area is 129 Å². The first kappa shape index (κ1) is 13.3. The normalized spacial score (nSPS) is 11.0. The largest absolute Gasteiger partial charge is 0.457 e. The highest BCUT2D eigenvalue weighted by atomic mass is 16.5. The van der Waals surface area contributed by atoms with Crippen LogP contribution in [0.4, 0.5) is 0 Å². The summed E-state index contributed by atoms with van der Waals surface area (Å²) in [6.07, 6.45) is 1.39. The molecule has 0 fully saturated rings. The van der Waals surface area contributed by atoms with Gasteiger partial charge in [-0.3, -0.25) is 0 Å². The van der Waals surface area contributed by atoms with E-state index in [0.29, 0.717) is 11.0 Å². The van der Waals surface area contributed by atoms with Crippen molar-refractivity contribution in [2.75, 3.05) is 0 Å². The van der Waals surface area contributed by atoms with Crippen LogP contribution < -0.4 is 10.4 Å². The third kappa shape index (κ3) is 2.28. The van der Waals surface area contributed by atoms with Gasteiger partial charge >= 0.3 is 11.6 Å². The van der Waals surface area contributed by atoms with E-state index in [0.717, 1.165) is 10.8 Å². The van der Waals surface area contributed by atoms with Crippen molar-refractivity contribution >= 4 is 27.7 Å². The van der Waals surface area contributed by atoms with Gasteiger partial charge < -0.3 is 13.6 Å². The Morgan fingerprint density at radius 1 is 0.913 bits per heavy atom. The van der Waals surface area contributed by atoms with Crippen LogP contribution in [0.5, 0.6) is 5.75 Å². The molecule has 5 heteroatoms. The van der Waals surface area contributed by atoms with Gasteiger partial charge in [-0.1, -0.05) is 18.2 Å². The predicted octanol–water partition coefficient (Wildman–Crippen LogP) is 3.76. The average Bonchev–Trinajstić information content (AvgIpc) is 3.09. The summed E-state index contributed by atoms with van der Waals surface area (Å²) in [6.45, 7) is 0. The molecule has 0 aliphatic carbocycles. The maximum Gasteiger partial charge on any atom is 0.379 e. The lowest BCUT2D eigenvalue weighted by molar-refractivity contribution is 0.0701. The van der Waals surface area contributed by atoms with Crippen LogP contribution in [0.15, 0.2) is 74.5 Å². The molecule has 23 heavy (non-hydrogen) atoms. The molecule has 0 unspecified atom stereocenters. The second-order valence-electron chi connectivity index (χ2n) is 4.96. The molecule has 0 radical (unpaired) electrons. The van der Waals surface area contributed by atoms with Crippen molar-refractivity contribution in [1.82, 2.24) is 0 Å². The fraction of sp³-hybridized carbons (Fsp3) is 0. The zero-order valence-corrected chi connectivity index (χ0v) is 11.8. The van der Waals surface area contributed by atoms with Crippen molar-refractivity contribution in [2.24, 2.45) is 0 Å². The third-order valence-corrected chi connectivity index (χ3v) is 3.53. The number of furan rings is 1. The SMILES string of the molecule is O=C(Oc1ccc2c(c1)oc(=O)c1ccccc12)c1ccco1. The van der Waals surface area contributed by atoms with E-state index in [1.54, 1.807) is 30.3 Å². The summed E-state index contributed by atoms with van der Waals surface area (Å²) in [4.78, 5) is 23.9. The van der Waals surface area contributed by atoms with Crippen LogP contribution in [0.1, 0.15) is 10.6 Å². The lowest BCUT2D eigenvalue weighted by atomic mass is 10.1. The highest BCUT2D eigenvalue weighted by molar-refractivity contribution is 6.04. The van der Waals surface area contributed by atoms with Gasteiger partial charge in [0.2, 0.25) is 5.76 Å². The Morgan fingerprint density at radius 3 is 2.52 bits per heavy atom. The van der Waals surface area contributed by atoms with Gasteiger partial charge in [0.1, 0.15) is 11.3 Å². The molecule has 0 saturated heterocycles. The summed E-state index contributed by atoms with van der Waals surface area (Å²) < 4.78 is 15.5. The van der Waals surface area contributed by atoms with Crippen LogP contribution in [-0.4, -0.2) is 5.97 Å². The Balaban J connectivity index is 1.81. The molecule has 4 aromatic rings. The molecule has 2 heterocycles. The molecular formula is C18H10O5. The van der Waals surface area contributed by atoms with E-state index in [4.69, 9.17) is 13.6 Å². The number of hydrogen-bond acceptors (Lipinski definition) is 5. The van der Waals surface area contributed by atoms with Crippen LogP contribution >= 0.6 is 0 Å². The fourth-order valence-corrected chi connectivity index (χ4v) is 2.48. The number of esters is 1. The fourth-order valence-electron chi connectivity index (χ4n) is 2.48. The van der Waals surface area contributed by atoms with E-state index >= 15 is 0 Å². The molecule has 2 aromatic carbocycles. The maximum absolute atomic E-state index is 12.0. The quantitative estimate of drug-likeness (QED) is 0.244. The van der Waals surface area contributed by atoms with Gasteiger partial charge in [-0.15, -0.1) is 0 Å². The first-order valence-electron chi connectivity index (χ1n) is 6.94. The maximum atomic E-state index is 12.0. The predicted molar refractivity (Wildman–Crippen MR) is 83.7 cm³/mol. The number of hydrogen-bond donors (Lipinski definition) is 0. The van der Waals surface area contributed by atoms with E-state index in [9.17, 15) is 9.59 Å². The number of carbonyl (C=O) groups excluding carboxylic acids is 1.